The highest BCUT2D eigenvalue weighted by Gasteiger charge is 2.28. The van der Waals surface area contributed by atoms with Gasteiger partial charge in [0.25, 0.3) is 5.91 Å². The van der Waals surface area contributed by atoms with Gasteiger partial charge < -0.3 is 10.4 Å². The van der Waals surface area contributed by atoms with Crippen LogP contribution in [0.5, 0.6) is 5.75 Å². The number of hydrogen-bond acceptors (Lipinski definition) is 5. The van der Waals surface area contributed by atoms with Gasteiger partial charge >= 0.3 is 0 Å². The van der Waals surface area contributed by atoms with Crippen LogP contribution >= 0.6 is 11.6 Å². The Kier molecular flexibility index (Phi) is 4.74. The SMILES string of the molecule is O=C(Nc1cc(S(=O)(=O)N2CCCC2)ccc1O)c1c(Cl)nc2ccccn12. The maximum Gasteiger partial charge on any atom is 0.276 e. The number of benzene rings is 1. The molecule has 1 amide bonds. The van der Waals surface area contributed by atoms with E-state index in [2.05, 4.69) is 10.3 Å². The third-order valence-electron chi connectivity index (χ3n) is 4.62. The zero-order valence-electron chi connectivity index (χ0n) is 14.7. The minimum atomic E-state index is -3.68. The van der Waals surface area contributed by atoms with E-state index in [-0.39, 0.29) is 27.2 Å². The summed E-state index contributed by atoms with van der Waals surface area (Å²) in [6.45, 7) is 0.921. The fourth-order valence-electron chi connectivity index (χ4n) is 3.21. The van der Waals surface area contributed by atoms with Crippen molar-refractivity contribution >= 4 is 38.9 Å². The van der Waals surface area contributed by atoms with E-state index < -0.39 is 15.9 Å². The molecular formula is C18H17ClN4O4S. The van der Waals surface area contributed by atoms with E-state index >= 15 is 0 Å². The second kappa shape index (κ2) is 7.08. The largest absolute Gasteiger partial charge is 0.506 e. The molecule has 0 spiro atoms. The molecule has 2 N–H and O–H groups in total. The number of nitrogens with one attached hydrogen (secondary N) is 1. The number of rotatable bonds is 4. The highest BCUT2D eigenvalue weighted by atomic mass is 35.5. The Hall–Kier alpha value is -2.62. The highest BCUT2D eigenvalue weighted by Crippen LogP contribution is 2.30. The van der Waals surface area contributed by atoms with Crippen LogP contribution in [0.4, 0.5) is 5.69 Å². The number of hydrogen-bond donors (Lipinski definition) is 2. The number of aromatic nitrogens is 2. The molecular weight excluding hydrogens is 404 g/mol. The van der Waals surface area contributed by atoms with Gasteiger partial charge in [-0.1, -0.05) is 17.7 Å². The van der Waals surface area contributed by atoms with Crippen molar-refractivity contribution in [3.63, 3.8) is 0 Å². The first-order valence-corrected chi connectivity index (χ1v) is 10.5. The number of carbonyl (C=O) groups is 1. The van der Waals surface area contributed by atoms with Crippen molar-refractivity contribution in [3.8, 4) is 5.75 Å². The van der Waals surface area contributed by atoms with Crippen LogP contribution in [-0.2, 0) is 10.0 Å². The first-order valence-electron chi connectivity index (χ1n) is 8.65. The van der Waals surface area contributed by atoms with Gasteiger partial charge in [0.05, 0.1) is 10.6 Å². The van der Waals surface area contributed by atoms with Gasteiger partial charge in [0, 0.05) is 19.3 Å². The van der Waals surface area contributed by atoms with Crippen molar-refractivity contribution < 1.29 is 18.3 Å². The molecule has 3 heterocycles. The van der Waals surface area contributed by atoms with Crippen molar-refractivity contribution in [1.29, 1.82) is 0 Å². The second-order valence-corrected chi connectivity index (χ2v) is 8.72. The first-order chi connectivity index (χ1) is 13.4. The zero-order valence-corrected chi connectivity index (χ0v) is 16.2. The number of sulfonamides is 1. The Bertz CT molecular complexity index is 1170. The van der Waals surface area contributed by atoms with Crippen LogP contribution < -0.4 is 5.32 Å². The number of carbonyl (C=O) groups excluding carboxylic acids is 1. The molecule has 1 aromatic carbocycles. The summed E-state index contributed by atoms with van der Waals surface area (Å²) in [5.41, 5.74) is 0.559. The van der Waals surface area contributed by atoms with Gasteiger partial charge in [-0.2, -0.15) is 4.31 Å². The summed E-state index contributed by atoms with van der Waals surface area (Å²) in [4.78, 5) is 16.9. The molecule has 0 bridgehead atoms. The summed E-state index contributed by atoms with van der Waals surface area (Å²) in [7, 11) is -3.68. The number of fused-ring (bicyclic) bond motifs is 1. The van der Waals surface area contributed by atoms with E-state index in [9.17, 15) is 18.3 Å². The fraction of sp³-hybridized carbons (Fsp3) is 0.222. The van der Waals surface area contributed by atoms with E-state index in [4.69, 9.17) is 11.6 Å². The molecule has 3 aromatic rings. The molecule has 10 heteroatoms. The van der Waals surface area contributed by atoms with Gasteiger partial charge in [-0.3, -0.25) is 9.20 Å². The van der Waals surface area contributed by atoms with Crippen LogP contribution in [0.2, 0.25) is 5.15 Å². The fourth-order valence-corrected chi connectivity index (χ4v) is 5.01. The van der Waals surface area contributed by atoms with Crippen molar-refractivity contribution in [2.24, 2.45) is 0 Å². The predicted molar refractivity (Wildman–Crippen MR) is 104 cm³/mol. The topological polar surface area (TPSA) is 104 Å². The van der Waals surface area contributed by atoms with Crippen LogP contribution in [-0.4, -0.2) is 46.2 Å². The molecule has 4 rings (SSSR count). The minimum absolute atomic E-state index is 0.00373. The summed E-state index contributed by atoms with van der Waals surface area (Å²) in [5, 5.41) is 12.7. The average Bonchev–Trinajstić information content (AvgIpc) is 3.30. The van der Waals surface area contributed by atoms with E-state index in [1.54, 1.807) is 24.4 Å². The smallest absolute Gasteiger partial charge is 0.276 e. The van der Waals surface area contributed by atoms with Crippen molar-refractivity contribution in [3.05, 3.63) is 53.4 Å². The van der Waals surface area contributed by atoms with Crippen molar-refractivity contribution in [2.75, 3.05) is 18.4 Å². The number of halogens is 1. The second-order valence-electron chi connectivity index (χ2n) is 6.42. The molecule has 0 atom stereocenters. The summed E-state index contributed by atoms with van der Waals surface area (Å²) in [5.74, 6) is -0.867. The van der Waals surface area contributed by atoms with Crippen LogP contribution in [0.25, 0.3) is 5.65 Å². The van der Waals surface area contributed by atoms with Gasteiger partial charge in [0.1, 0.15) is 11.4 Å². The highest BCUT2D eigenvalue weighted by molar-refractivity contribution is 7.89. The number of phenolic OH excluding ortho intramolecular Hbond substituents is 1. The number of pyridine rings is 1. The zero-order chi connectivity index (χ0) is 19.9. The molecule has 0 unspecified atom stereocenters. The lowest BCUT2D eigenvalue weighted by atomic mass is 10.3. The van der Waals surface area contributed by atoms with Crippen LogP contribution in [0, 0.1) is 0 Å². The van der Waals surface area contributed by atoms with Gasteiger partial charge in [-0.15, -0.1) is 0 Å². The third kappa shape index (κ3) is 3.21. The molecule has 0 saturated carbocycles. The molecule has 1 fully saturated rings. The Labute approximate surface area is 166 Å². The molecule has 1 saturated heterocycles. The summed E-state index contributed by atoms with van der Waals surface area (Å²) < 4.78 is 28.4. The molecule has 28 heavy (non-hydrogen) atoms. The van der Waals surface area contributed by atoms with E-state index in [1.807, 2.05) is 0 Å². The Balaban J connectivity index is 1.68. The number of amides is 1. The van der Waals surface area contributed by atoms with Crippen LogP contribution in [0.15, 0.2) is 47.5 Å². The first kappa shape index (κ1) is 18.7. The van der Waals surface area contributed by atoms with Gasteiger partial charge in [0.2, 0.25) is 10.0 Å². The molecule has 1 aliphatic heterocycles. The number of phenols is 1. The maximum absolute atomic E-state index is 12.8. The Morgan fingerprint density at radius 3 is 2.68 bits per heavy atom. The summed E-state index contributed by atoms with van der Waals surface area (Å²) in [6, 6.07) is 9.00. The van der Waals surface area contributed by atoms with E-state index in [1.165, 1.54) is 26.9 Å². The van der Waals surface area contributed by atoms with E-state index in [0.29, 0.717) is 18.7 Å². The Morgan fingerprint density at radius 2 is 1.93 bits per heavy atom. The number of nitrogens with zero attached hydrogens (tertiary/aromatic N) is 3. The number of imidazole rings is 1. The summed E-state index contributed by atoms with van der Waals surface area (Å²) in [6.07, 6.45) is 3.26. The lowest BCUT2D eigenvalue weighted by molar-refractivity contribution is 0.102. The molecule has 146 valence electrons. The normalized spacial score (nSPS) is 15.2. The molecule has 0 radical (unpaired) electrons. The minimum Gasteiger partial charge on any atom is -0.506 e. The molecule has 1 aliphatic rings. The summed E-state index contributed by atoms with van der Waals surface area (Å²) >= 11 is 6.10. The lowest BCUT2D eigenvalue weighted by Crippen LogP contribution is -2.28. The molecule has 8 nitrogen and oxygen atoms in total. The average molecular weight is 421 g/mol. The van der Waals surface area contributed by atoms with Gasteiger partial charge in [-0.25, -0.2) is 13.4 Å². The third-order valence-corrected chi connectivity index (χ3v) is 6.78. The Morgan fingerprint density at radius 1 is 1.18 bits per heavy atom. The number of aromatic hydroxyl groups is 1. The van der Waals surface area contributed by atoms with Crippen molar-refractivity contribution in [1.82, 2.24) is 13.7 Å². The van der Waals surface area contributed by atoms with Gasteiger partial charge in [0.15, 0.2) is 10.8 Å². The maximum atomic E-state index is 12.8. The molecule has 2 aromatic heterocycles. The van der Waals surface area contributed by atoms with Crippen LogP contribution in [0.3, 0.4) is 0 Å². The molecule has 0 aliphatic carbocycles. The predicted octanol–water partition coefficient (Wildman–Crippen LogP) is 2.73. The van der Waals surface area contributed by atoms with E-state index in [0.717, 1.165) is 12.8 Å². The monoisotopic (exact) mass is 420 g/mol. The quantitative estimate of drug-likeness (QED) is 0.631. The lowest BCUT2D eigenvalue weighted by Gasteiger charge is -2.16. The number of anilines is 1. The standard InChI is InChI=1S/C18H17ClN4O4S/c19-17-16(23-10-2-1-5-15(23)21-17)18(25)20-13-11-12(6-7-14(13)24)28(26,27)22-8-3-4-9-22/h1-2,5-7,10-11,24H,3-4,8-9H2,(H,20,25). The van der Waals surface area contributed by atoms with Crippen LogP contribution in [0.1, 0.15) is 23.3 Å². The van der Waals surface area contributed by atoms with Gasteiger partial charge in [-0.05, 0) is 43.2 Å². The van der Waals surface area contributed by atoms with Crippen molar-refractivity contribution in [2.45, 2.75) is 17.7 Å².